The van der Waals surface area contributed by atoms with Crippen molar-refractivity contribution < 1.29 is 19.2 Å². The Labute approximate surface area is 126 Å². The molecule has 1 atom stereocenters. The summed E-state index contributed by atoms with van der Waals surface area (Å²) in [6.07, 6.45) is 0.347. The first-order chi connectivity index (χ1) is 9.96. The Bertz CT molecular complexity index is 604. The van der Waals surface area contributed by atoms with Gasteiger partial charge in [-0.2, -0.15) is 12.6 Å². The third-order valence-electron chi connectivity index (χ3n) is 3.31. The van der Waals surface area contributed by atoms with Crippen molar-refractivity contribution in [3.8, 4) is 0 Å². The van der Waals surface area contributed by atoms with Crippen LogP contribution in [0.2, 0.25) is 0 Å². The van der Waals surface area contributed by atoms with Gasteiger partial charge in [0.05, 0.1) is 23.3 Å². The van der Waals surface area contributed by atoms with Gasteiger partial charge in [-0.1, -0.05) is 0 Å². The van der Waals surface area contributed by atoms with E-state index in [1.165, 1.54) is 24.1 Å². The molecular weight excluding hydrogens is 296 g/mol. The molecule has 1 aliphatic rings. The Morgan fingerprint density at radius 3 is 2.76 bits per heavy atom. The first-order valence-corrected chi connectivity index (χ1v) is 6.88. The maximum Gasteiger partial charge on any atom is 0.338 e. The summed E-state index contributed by atoms with van der Waals surface area (Å²) in [6.45, 7) is 0.435. The summed E-state index contributed by atoms with van der Waals surface area (Å²) in [6, 6.07) is 3.84. The number of methoxy groups -OCH3 is 1. The van der Waals surface area contributed by atoms with E-state index >= 15 is 0 Å². The van der Waals surface area contributed by atoms with E-state index in [1.807, 2.05) is 0 Å². The number of nitro benzene ring substituents is 1. The third-order valence-corrected chi connectivity index (χ3v) is 3.83. The monoisotopic (exact) mass is 310 g/mol. The fourth-order valence-corrected chi connectivity index (χ4v) is 2.49. The van der Waals surface area contributed by atoms with E-state index in [2.05, 4.69) is 17.4 Å². The highest BCUT2D eigenvalue weighted by atomic mass is 32.1. The van der Waals surface area contributed by atoms with E-state index in [-0.39, 0.29) is 23.1 Å². The number of nitro groups is 1. The van der Waals surface area contributed by atoms with Crippen LogP contribution in [0.4, 0.5) is 11.4 Å². The van der Waals surface area contributed by atoms with Crippen molar-refractivity contribution in [2.24, 2.45) is 5.92 Å². The van der Waals surface area contributed by atoms with Crippen LogP contribution in [-0.2, 0) is 9.53 Å². The van der Waals surface area contributed by atoms with Crippen molar-refractivity contribution in [3.63, 3.8) is 0 Å². The topological polar surface area (TPSA) is 89.8 Å². The Kier molecular flexibility index (Phi) is 4.46. The third kappa shape index (κ3) is 3.15. The zero-order valence-corrected chi connectivity index (χ0v) is 12.2. The van der Waals surface area contributed by atoms with E-state index < -0.39 is 10.9 Å². The van der Waals surface area contributed by atoms with Gasteiger partial charge >= 0.3 is 5.97 Å². The second-order valence-corrected chi connectivity index (χ2v) is 5.11. The van der Waals surface area contributed by atoms with Crippen molar-refractivity contribution in [1.29, 1.82) is 0 Å². The van der Waals surface area contributed by atoms with Gasteiger partial charge in [-0.3, -0.25) is 14.9 Å². The molecule has 8 heteroatoms. The van der Waals surface area contributed by atoms with Gasteiger partial charge in [-0.25, -0.2) is 4.79 Å². The number of thiol groups is 1. The number of anilines is 1. The number of esters is 1. The maximum atomic E-state index is 12.0. The average molecular weight is 310 g/mol. The molecule has 1 aliphatic heterocycles. The average Bonchev–Trinajstić information content (AvgIpc) is 2.87. The Morgan fingerprint density at radius 2 is 2.24 bits per heavy atom. The number of benzene rings is 1. The van der Waals surface area contributed by atoms with Gasteiger partial charge in [-0.15, -0.1) is 0 Å². The van der Waals surface area contributed by atoms with Crippen molar-refractivity contribution in [3.05, 3.63) is 33.9 Å². The van der Waals surface area contributed by atoms with Crippen LogP contribution >= 0.6 is 12.6 Å². The van der Waals surface area contributed by atoms with E-state index in [1.54, 1.807) is 0 Å². The fraction of sp³-hybridized carbons (Fsp3) is 0.385. The summed E-state index contributed by atoms with van der Waals surface area (Å²) in [5.41, 5.74) is 0.123. The summed E-state index contributed by atoms with van der Waals surface area (Å²) >= 11 is 4.17. The van der Waals surface area contributed by atoms with Crippen molar-refractivity contribution in [2.75, 3.05) is 24.3 Å². The predicted octanol–water partition coefficient (Wildman–Crippen LogP) is 1.66. The molecular formula is C13H14N2O5S. The number of hydrogen-bond acceptors (Lipinski definition) is 6. The van der Waals surface area contributed by atoms with Gasteiger partial charge in [-0.05, 0) is 17.7 Å². The molecule has 0 radical (unpaired) electrons. The van der Waals surface area contributed by atoms with Gasteiger partial charge < -0.3 is 9.64 Å². The van der Waals surface area contributed by atoms with E-state index in [9.17, 15) is 19.7 Å². The number of amides is 1. The lowest BCUT2D eigenvalue weighted by Gasteiger charge is -2.17. The summed E-state index contributed by atoms with van der Waals surface area (Å²) in [7, 11) is 1.19. The molecule has 7 nitrogen and oxygen atoms in total. The van der Waals surface area contributed by atoms with Crippen LogP contribution < -0.4 is 4.90 Å². The standard InChI is InChI=1S/C13H14N2O5S/c1-20-13(17)9-3-10(5-11(4-9)15(18)19)14-6-8(7-21)2-12(14)16/h3-5,8,21H,2,6-7H2,1H3. The highest BCUT2D eigenvalue weighted by Gasteiger charge is 2.31. The molecule has 0 N–H and O–H groups in total. The lowest BCUT2D eigenvalue weighted by Crippen LogP contribution is -2.25. The number of rotatable bonds is 4. The Hall–Kier alpha value is -2.09. The molecule has 21 heavy (non-hydrogen) atoms. The summed E-state index contributed by atoms with van der Waals surface area (Å²) in [5, 5.41) is 11.0. The second kappa shape index (κ2) is 6.13. The number of ether oxygens (including phenoxy) is 1. The zero-order valence-electron chi connectivity index (χ0n) is 11.3. The summed E-state index contributed by atoms with van der Waals surface area (Å²) in [5.74, 6) is -0.162. The van der Waals surface area contributed by atoms with Crippen LogP contribution in [0, 0.1) is 16.0 Å². The van der Waals surface area contributed by atoms with Crippen LogP contribution in [0.5, 0.6) is 0 Å². The van der Waals surface area contributed by atoms with Crippen molar-refractivity contribution in [2.45, 2.75) is 6.42 Å². The molecule has 0 bridgehead atoms. The van der Waals surface area contributed by atoms with Crippen LogP contribution in [-0.4, -0.2) is 36.2 Å². The molecule has 1 heterocycles. The molecule has 0 spiro atoms. The number of nitrogens with zero attached hydrogens (tertiary/aromatic N) is 2. The zero-order chi connectivity index (χ0) is 15.6. The van der Waals surface area contributed by atoms with E-state index in [4.69, 9.17) is 0 Å². The van der Waals surface area contributed by atoms with Crippen LogP contribution in [0.1, 0.15) is 16.8 Å². The lowest BCUT2D eigenvalue weighted by atomic mass is 10.1. The highest BCUT2D eigenvalue weighted by Crippen LogP contribution is 2.30. The molecule has 112 valence electrons. The molecule has 2 rings (SSSR count). The first-order valence-electron chi connectivity index (χ1n) is 6.25. The molecule has 0 aromatic heterocycles. The number of hydrogen-bond donors (Lipinski definition) is 1. The van der Waals surface area contributed by atoms with Gasteiger partial charge in [0, 0.05) is 25.1 Å². The molecule has 0 saturated carbocycles. The molecule has 1 saturated heterocycles. The smallest absolute Gasteiger partial charge is 0.338 e. The summed E-state index contributed by atoms with van der Waals surface area (Å²) in [4.78, 5) is 35.4. The van der Waals surface area contributed by atoms with Crippen molar-refractivity contribution in [1.82, 2.24) is 0 Å². The maximum absolute atomic E-state index is 12.0. The molecule has 0 aliphatic carbocycles. The van der Waals surface area contributed by atoms with Crippen LogP contribution in [0.3, 0.4) is 0 Å². The lowest BCUT2D eigenvalue weighted by molar-refractivity contribution is -0.384. The fourth-order valence-electron chi connectivity index (χ4n) is 2.25. The van der Waals surface area contributed by atoms with Crippen LogP contribution in [0.15, 0.2) is 18.2 Å². The van der Waals surface area contributed by atoms with Gasteiger partial charge in [0.2, 0.25) is 5.91 Å². The minimum atomic E-state index is -0.683. The van der Waals surface area contributed by atoms with Gasteiger partial charge in [0.15, 0.2) is 0 Å². The van der Waals surface area contributed by atoms with E-state index in [0.717, 1.165) is 6.07 Å². The Morgan fingerprint density at radius 1 is 1.52 bits per heavy atom. The SMILES string of the molecule is COC(=O)c1cc(N2CC(CS)CC2=O)cc([N+](=O)[O-])c1. The first kappa shape index (κ1) is 15.3. The molecule has 1 aromatic carbocycles. The van der Waals surface area contributed by atoms with Gasteiger partial charge in [0.25, 0.3) is 5.69 Å². The van der Waals surface area contributed by atoms with Gasteiger partial charge in [0.1, 0.15) is 0 Å². The molecule has 1 aromatic rings. The Balaban J connectivity index is 2.43. The molecule has 1 amide bonds. The molecule has 1 unspecified atom stereocenters. The predicted molar refractivity (Wildman–Crippen MR) is 78.7 cm³/mol. The van der Waals surface area contributed by atoms with E-state index in [0.29, 0.717) is 24.4 Å². The highest BCUT2D eigenvalue weighted by molar-refractivity contribution is 7.80. The molecule has 1 fully saturated rings. The largest absolute Gasteiger partial charge is 0.465 e. The number of carbonyl (C=O) groups is 2. The number of non-ortho nitro benzene ring substituents is 1. The minimum Gasteiger partial charge on any atom is -0.465 e. The minimum absolute atomic E-state index is 0.0452. The van der Waals surface area contributed by atoms with Crippen LogP contribution in [0.25, 0.3) is 0 Å². The number of carbonyl (C=O) groups excluding carboxylic acids is 2. The normalized spacial score (nSPS) is 17.9. The van der Waals surface area contributed by atoms with Crippen molar-refractivity contribution >= 4 is 35.9 Å². The second-order valence-electron chi connectivity index (χ2n) is 4.74. The quantitative estimate of drug-likeness (QED) is 0.395. The summed E-state index contributed by atoms with van der Waals surface area (Å²) < 4.78 is 4.58.